The molecule has 0 amide bonds. The molecule has 162 valence electrons. The van der Waals surface area contributed by atoms with Crippen LogP contribution in [-0.4, -0.2) is 80.6 Å². The number of hydrogen-bond donors (Lipinski definition) is 0. The first-order chi connectivity index (χ1) is 13.9. The topological polar surface area (TPSA) is 66.0 Å². The third-order valence-electron chi connectivity index (χ3n) is 6.37. The molecule has 29 heavy (non-hydrogen) atoms. The van der Waals surface area contributed by atoms with Crippen LogP contribution in [-0.2, 0) is 14.8 Å². The number of anilines is 1. The van der Waals surface area contributed by atoms with E-state index < -0.39 is 10.0 Å². The lowest BCUT2D eigenvalue weighted by atomic mass is 9.95. The molecule has 2 atom stereocenters. The Morgan fingerprint density at radius 1 is 1.03 bits per heavy atom. The first-order valence-electron chi connectivity index (χ1n) is 11.0. The fourth-order valence-electron chi connectivity index (χ4n) is 4.93. The quantitative estimate of drug-likeness (QED) is 0.725. The maximum absolute atomic E-state index is 12.7. The van der Waals surface area contributed by atoms with Crippen LogP contribution < -0.4 is 4.90 Å². The zero-order chi connectivity index (χ0) is 20.4. The van der Waals surface area contributed by atoms with E-state index in [0.717, 1.165) is 64.2 Å². The summed E-state index contributed by atoms with van der Waals surface area (Å²) in [6.07, 6.45) is 6.36. The molecule has 0 bridgehead atoms. The van der Waals surface area contributed by atoms with Crippen LogP contribution in [0.1, 0.15) is 39.5 Å². The Balaban J connectivity index is 1.31. The summed E-state index contributed by atoms with van der Waals surface area (Å²) in [6.45, 7) is 10.7. The predicted octanol–water partition coefficient (Wildman–Crippen LogP) is 2.19. The highest BCUT2D eigenvalue weighted by Gasteiger charge is 2.29. The van der Waals surface area contributed by atoms with E-state index in [0.29, 0.717) is 36.1 Å². The highest BCUT2D eigenvalue weighted by atomic mass is 32.2. The van der Waals surface area contributed by atoms with Crippen molar-refractivity contribution in [3.05, 3.63) is 18.3 Å². The van der Waals surface area contributed by atoms with E-state index in [1.165, 1.54) is 6.20 Å². The van der Waals surface area contributed by atoms with E-state index in [9.17, 15) is 8.42 Å². The molecular weight excluding hydrogens is 388 g/mol. The van der Waals surface area contributed by atoms with Crippen LogP contribution in [0.4, 0.5) is 5.82 Å². The van der Waals surface area contributed by atoms with Gasteiger partial charge in [0.1, 0.15) is 10.7 Å². The molecule has 2 unspecified atom stereocenters. The van der Waals surface area contributed by atoms with Crippen molar-refractivity contribution in [1.82, 2.24) is 14.2 Å². The molecule has 0 aromatic carbocycles. The van der Waals surface area contributed by atoms with Crippen LogP contribution in [0.3, 0.4) is 0 Å². The summed E-state index contributed by atoms with van der Waals surface area (Å²) in [5.74, 6) is 1.59. The fourth-order valence-corrected chi connectivity index (χ4v) is 6.40. The summed E-state index contributed by atoms with van der Waals surface area (Å²) in [6, 6.07) is 3.59. The third-order valence-corrected chi connectivity index (χ3v) is 8.26. The molecule has 3 aliphatic heterocycles. The summed E-state index contributed by atoms with van der Waals surface area (Å²) in [5.41, 5.74) is 0. The van der Waals surface area contributed by atoms with Crippen LogP contribution in [0, 0.1) is 5.92 Å². The summed E-state index contributed by atoms with van der Waals surface area (Å²) in [5, 5.41) is 0. The molecule has 0 aliphatic carbocycles. The summed E-state index contributed by atoms with van der Waals surface area (Å²) in [4.78, 5) is 9.64. The molecule has 4 heterocycles. The number of ether oxygens (including phenoxy) is 1. The summed E-state index contributed by atoms with van der Waals surface area (Å²) in [7, 11) is -3.38. The highest BCUT2D eigenvalue weighted by Crippen LogP contribution is 2.26. The molecule has 7 nitrogen and oxygen atoms in total. The molecule has 0 radical (unpaired) electrons. The van der Waals surface area contributed by atoms with Gasteiger partial charge in [-0.1, -0.05) is 0 Å². The molecule has 0 spiro atoms. The second-order valence-corrected chi connectivity index (χ2v) is 10.8. The number of rotatable bonds is 5. The van der Waals surface area contributed by atoms with Gasteiger partial charge in [-0.25, -0.2) is 13.4 Å². The van der Waals surface area contributed by atoms with Gasteiger partial charge in [-0.3, -0.25) is 4.90 Å². The van der Waals surface area contributed by atoms with Crippen molar-refractivity contribution < 1.29 is 13.2 Å². The van der Waals surface area contributed by atoms with Crippen molar-refractivity contribution >= 4 is 15.8 Å². The Labute approximate surface area is 175 Å². The van der Waals surface area contributed by atoms with Crippen LogP contribution >= 0.6 is 0 Å². The van der Waals surface area contributed by atoms with Crippen molar-refractivity contribution in [1.29, 1.82) is 0 Å². The Kier molecular flexibility index (Phi) is 6.44. The number of morpholine rings is 1. The molecule has 3 fully saturated rings. The van der Waals surface area contributed by atoms with Crippen LogP contribution in [0.5, 0.6) is 0 Å². The Morgan fingerprint density at radius 3 is 2.28 bits per heavy atom. The molecule has 4 rings (SSSR count). The van der Waals surface area contributed by atoms with Gasteiger partial charge in [0.25, 0.3) is 0 Å². The summed E-state index contributed by atoms with van der Waals surface area (Å²) < 4.78 is 32.7. The average Bonchev–Trinajstić information content (AvgIpc) is 3.24. The Hall–Kier alpha value is -1.22. The van der Waals surface area contributed by atoms with E-state index in [1.807, 2.05) is 6.07 Å². The van der Waals surface area contributed by atoms with E-state index in [4.69, 9.17) is 4.74 Å². The van der Waals surface area contributed by atoms with Crippen molar-refractivity contribution in [2.45, 2.75) is 56.6 Å². The van der Waals surface area contributed by atoms with Gasteiger partial charge in [0, 0.05) is 52.0 Å². The molecule has 3 saturated heterocycles. The minimum Gasteiger partial charge on any atom is -0.373 e. The molecule has 1 aromatic heterocycles. The number of aromatic nitrogens is 1. The fraction of sp³-hybridized carbons (Fsp3) is 0.762. The zero-order valence-corrected chi connectivity index (χ0v) is 18.5. The predicted molar refractivity (Wildman–Crippen MR) is 114 cm³/mol. The van der Waals surface area contributed by atoms with Gasteiger partial charge < -0.3 is 9.64 Å². The number of pyridine rings is 1. The Morgan fingerprint density at radius 2 is 1.69 bits per heavy atom. The summed E-state index contributed by atoms with van der Waals surface area (Å²) >= 11 is 0. The maximum Gasteiger partial charge on any atom is 0.244 e. The minimum atomic E-state index is -3.38. The number of sulfonamides is 1. The van der Waals surface area contributed by atoms with Crippen LogP contribution in [0.2, 0.25) is 0 Å². The highest BCUT2D eigenvalue weighted by molar-refractivity contribution is 7.89. The lowest BCUT2D eigenvalue weighted by Crippen LogP contribution is -2.48. The first-order valence-corrected chi connectivity index (χ1v) is 12.4. The SMILES string of the molecule is CC1CN(CC2CCN(c3ccc(S(=O)(=O)N4CCCC4)cn3)CC2)CC(C)O1. The van der Waals surface area contributed by atoms with Crippen molar-refractivity contribution in [3.8, 4) is 0 Å². The first kappa shape index (κ1) is 21.0. The second kappa shape index (κ2) is 8.88. The molecule has 8 heteroatoms. The van der Waals surface area contributed by atoms with Crippen LogP contribution in [0.25, 0.3) is 0 Å². The van der Waals surface area contributed by atoms with E-state index in [1.54, 1.807) is 10.4 Å². The molecule has 0 saturated carbocycles. The Bertz CT molecular complexity index is 762. The van der Waals surface area contributed by atoms with Gasteiger partial charge in [-0.05, 0) is 57.6 Å². The zero-order valence-electron chi connectivity index (χ0n) is 17.7. The minimum absolute atomic E-state index is 0.314. The standard InChI is InChI=1S/C21H34N4O3S/c1-17-14-23(15-18(2)28-17)16-19-7-11-24(12-8-19)21-6-5-20(13-22-21)29(26,27)25-9-3-4-10-25/h5-6,13,17-19H,3-4,7-12,14-16H2,1-2H3. The monoisotopic (exact) mass is 422 g/mol. The third kappa shape index (κ3) is 4.93. The van der Waals surface area contributed by atoms with Crippen molar-refractivity contribution in [2.24, 2.45) is 5.92 Å². The lowest BCUT2D eigenvalue weighted by Gasteiger charge is -2.39. The van der Waals surface area contributed by atoms with Gasteiger partial charge in [0.2, 0.25) is 10.0 Å². The van der Waals surface area contributed by atoms with Gasteiger partial charge in [0.15, 0.2) is 0 Å². The van der Waals surface area contributed by atoms with Gasteiger partial charge in [-0.2, -0.15) is 4.31 Å². The second-order valence-electron chi connectivity index (χ2n) is 8.87. The molecular formula is C21H34N4O3S. The van der Waals surface area contributed by atoms with E-state index in [2.05, 4.69) is 28.6 Å². The molecule has 1 aromatic rings. The smallest absolute Gasteiger partial charge is 0.244 e. The normalized spacial score (nSPS) is 28.1. The molecule has 3 aliphatic rings. The number of nitrogens with zero attached hydrogens (tertiary/aromatic N) is 4. The number of piperidine rings is 1. The van der Waals surface area contributed by atoms with Gasteiger partial charge in [0.05, 0.1) is 12.2 Å². The van der Waals surface area contributed by atoms with E-state index >= 15 is 0 Å². The van der Waals surface area contributed by atoms with Crippen molar-refractivity contribution in [2.75, 3.05) is 50.7 Å². The van der Waals surface area contributed by atoms with E-state index in [-0.39, 0.29) is 0 Å². The largest absolute Gasteiger partial charge is 0.373 e. The average molecular weight is 423 g/mol. The lowest BCUT2D eigenvalue weighted by molar-refractivity contribution is -0.0720. The van der Waals surface area contributed by atoms with Gasteiger partial charge in [-0.15, -0.1) is 0 Å². The maximum atomic E-state index is 12.7. The molecule has 0 N–H and O–H groups in total. The number of hydrogen-bond acceptors (Lipinski definition) is 6. The van der Waals surface area contributed by atoms with Crippen LogP contribution in [0.15, 0.2) is 23.2 Å². The van der Waals surface area contributed by atoms with Gasteiger partial charge >= 0.3 is 0 Å². The van der Waals surface area contributed by atoms with Crippen molar-refractivity contribution in [3.63, 3.8) is 0 Å².